The van der Waals surface area contributed by atoms with Gasteiger partial charge in [0.2, 0.25) is 0 Å². The van der Waals surface area contributed by atoms with Crippen LogP contribution in [0, 0.1) is 0 Å². The largest absolute Gasteiger partial charge is 0.330 e. The number of H-pyrrole nitrogens is 1. The van der Waals surface area contributed by atoms with Crippen LogP contribution in [0.25, 0.3) is 11.3 Å². The van der Waals surface area contributed by atoms with Gasteiger partial charge < -0.3 is 5.73 Å². The van der Waals surface area contributed by atoms with Crippen LogP contribution in [0.1, 0.15) is 108 Å². The Morgan fingerprint density at radius 1 is 0.567 bits per heavy atom. The Balaban J connectivity index is 1.36. The van der Waals surface area contributed by atoms with Gasteiger partial charge in [-0.1, -0.05) is 120 Å². The molecule has 3 N–H and O–H groups in total. The molecule has 0 unspecified atom stereocenters. The van der Waals surface area contributed by atoms with Gasteiger partial charge in [-0.2, -0.15) is 15.4 Å². The van der Waals surface area contributed by atoms with E-state index in [2.05, 4.69) is 39.7 Å². The van der Waals surface area contributed by atoms with E-state index >= 15 is 0 Å². The van der Waals surface area contributed by atoms with Gasteiger partial charge in [-0.25, -0.2) is 0 Å². The first-order valence-corrected chi connectivity index (χ1v) is 12.6. The van der Waals surface area contributed by atoms with Gasteiger partial charge >= 0.3 is 0 Å². The normalized spacial score (nSPS) is 11.2. The molecule has 0 atom stereocenters. The molecule has 2 aromatic rings. The number of rotatable bonds is 19. The molecule has 0 fully saturated rings. The smallest absolute Gasteiger partial charge is 0.115 e. The van der Waals surface area contributed by atoms with E-state index in [1.165, 1.54) is 103 Å². The minimum atomic E-state index is 0.860. The molecule has 0 amide bonds. The Kier molecular flexibility index (Phi) is 14.0. The molecule has 0 saturated carbocycles. The van der Waals surface area contributed by atoms with Crippen LogP contribution in [0.4, 0.5) is 0 Å². The summed E-state index contributed by atoms with van der Waals surface area (Å²) in [6.45, 7) is 0.860. The lowest BCUT2D eigenvalue weighted by Crippen LogP contribution is -1.97. The van der Waals surface area contributed by atoms with Crippen molar-refractivity contribution in [3.05, 3.63) is 36.0 Å². The summed E-state index contributed by atoms with van der Waals surface area (Å²) in [4.78, 5) is 0. The Morgan fingerprint density at radius 2 is 1.03 bits per heavy atom. The predicted molar refractivity (Wildman–Crippen MR) is 128 cm³/mol. The summed E-state index contributed by atoms with van der Waals surface area (Å²) < 4.78 is 0. The van der Waals surface area contributed by atoms with Crippen LogP contribution >= 0.6 is 0 Å². The van der Waals surface area contributed by atoms with Crippen LogP contribution in [0.3, 0.4) is 0 Å². The van der Waals surface area contributed by atoms with Crippen LogP contribution in [0.15, 0.2) is 30.3 Å². The monoisotopic (exact) mass is 412 g/mol. The summed E-state index contributed by atoms with van der Waals surface area (Å²) in [6, 6.07) is 10.4. The zero-order chi connectivity index (χ0) is 21.1. The van der Waals surface area contributed by atoms with Crippen LogP contribution in [0.2, 0.25) is 0 Å². The lowest BCUT2D eigenvalue weighted by atomic mass is 10.0. The average Bonchev–Trinajstić information content (AvgIpc) is 3.25. The highest BCUT2D eigenvalue weighted by molar-refractivity contribution is 5.60. The van der Waals surface area contributed by atoms with Gasteiger partial charge in [0, 0.05) is 5.56 Å². The molecule has 1 heterocycles. The molecule has 2 rings (SSSR count). The Morgan fingerprint density at radius 3 is 1.53 bits per heavy atom. The van der Waals surface area contributed by atoms with Crippen molar-refractivity contribution in [1.29, 1.82) is 0 Å². The molecule has 0 aliphatic rings. The van der Waals surface area contributed by atoms with Crippen molar-refractivity contribution in [3.8, 4) is 11.3 Å². The van der Waals surface area contributed by atoms with Crippen molar-refractivity contribution in [3.63, 3.8) is 0 Å². The predicted octanol–water partition coefficient (Wildman–Crippen LogP) is 7.21. The van der Waals surface area contributed by atoms with Crippen molar-refractivity contribution in [2.45, 2.75) is 109 Å². The molecule has 0 aliphatic heterocycles. The Bertz CT molecular complexity index is 623. The maximum Gasteiger partial charge on any atom is 0.115 e. The van der Waals surface area contributed by atoms with Crippen LogP contribution in [0.5, 0.6) is 0 Å². The third kappa shape index (κ3) is 10.9. The summed E-state index contributed by atoms with van der Waals surface area (Å²) in [5.74, 6) is 0. The quantitative estimate of drug-likeness (QED) is 0.239. The molecule has 30 heavy (non-hydrogen) atoms. The highest BCUT2D eigenvalue weighted by Gasteiger charge is 2.09. The van der Waals surface area contributed by atoms with Gasteiger partial charge in [-0.15, -0.1) is 0 Å². The van der Waals surface area contributed by atoms with Crippen molar-refractivity contribution >= 4 is 0 Å². The third-order valence-electron chi connectivity index (χ3n) is 6.04. The molecule has 0 radical (unpaired) electrons. The lowest BCUT2D eigenvalue weighted by Gasteiger charge is -2.04. The minimum absolute atomic E-state index is 0.860. The number of benzene rings is 1. The first kappa shape index (κ1) is 24.6. The van der Waals surface area contributed by atoms with Gasteiger partial charge in [0.15, 0.2) is 0 Å². The van der Waals surface area contributed by atoms with Crippen molar-refractivity contribution < 1.29 is 0 Å². The van der Waals surface area contributed by atoms with Crippen molar-refractivity contribution in [2.24, 2.45) is 5.73 Å². The molecular weight excluding hydrogens is 368 g/mol. The average molecular weight is 413 g/mol. The maximum atomic E-state index is 5.53. The van der Waals surface area contributed by atoms with Gasteiger partial charge in [0.05, 0.1) is 5.69 Å². The summed E-state index contributed by atoms with van der Waals surface area (Å²) in [6.07, 6.45) is 23.0. The minimum Gasteiger partial charge on any atom is -0.330 e. The van der Waals surface area contributed by atoms with E-state index in [-0.39, 0.29) is 0 Å². The lowest BCUT2D eigenvalue weighted by molar-refractivity contribution is 0.528. The zero-order valence-corrected chi connectivity index (χ0v) is 19.1. The van der Waals surface area contributed by atoms with Gasteiger partial charge in [0.25, 0.3) is 0 Å². The second kappa shape index (κ2) is 17.0. The van der Waals surface area contributed by atoms with E-state index in [0.717, 1.165) is 29.9 Å². The van der Waals surface area contributed by atoms with Crippen molar-refractivity contribution in [2.75, 3.05) is 6.54 Å². The summed E-state index contributed by atoms with van der Waals surface area (Å²) >= 11 is 0. The summed E-state index contributed by atoms with van der Waals surface area (Å²) in [7, 11) is 0. The van der Waals surface area contributed by atoms with Gasteiger partial charge in [-0.05, 0) is 25.8 Å². The molecule has 168 valence electrons. The fourth-order valence-electron chi connectivity index (χ4n) is 4.17. The highest BCUT2D eigenvalue weighted by atomic mass is 15.3. The Hall–Kier alpha value is -1.68. The third-order valence-corrected chi connectivity index (χ3v) is 6.04. The van der Waals surface area contributed by atoms with Gasteiger partial charge in [-0.3, -0.25) is 0 Å². The molecule has 0 bridgehead atoms. The Labute approximate surface area is 184 Å². The number of hydrogen-bond acceptors (Lipinski definition) is 3. The standard InChI is InChI=1S/C26H44N4/c27-23-19-14-12-10-8-6-4-2-1-3-5-7-9-11-13-18-22-25-26(29-30-28-25)24-20-16-15-17-21-24/h15-17,20-21H,1-14,18-19,22-23,27H2,(H,28,29,30). The molecule has 0 aliphatic carbocycles. The summed E-state index contributed by atoms with van der Waals surface area (Å²) in [5, 5.41) is 11.5. The van der Waals surface area contributed by atoms with Crippen LogP contribution in [-0.2, 0) is 6.42 Å². The van der Waals surface area contributed by atoms with E-state index in [9.17, 15) is 0 Å². The number of nitrogens with one attached hydrogen (secondary N) is 1. The SMILES string of the molecule is NCCCCCCCCCCCCCCCCCCc1n[nH]nc1-c1ccccc1. The van der Waals surface area contributed by atoms with E-state index < -0.39 is 0 Å². The van der Waals surface area contributed by atoms with E-state index in [0.29, 0.717) is 0 Å². The fourth-order valence-corrected chi connectivity index (χ4v) is 4.17. The van der Waals surface area contributed by atoms with Crippen LogP contribution in [-0.4, -0.2) is 22.0 Å². The zero-order valence-electron chi connectivity index (χ0n) is 19.1. The molecular formula is C26H44N4. The van der Waals surface area contributed by atoms with E-state index in [4.69, 9.17) is 5.73 Å². The highest BCUT2D eigenvalue weighted by Crippen LogP contribution is 2.21. The first-order chi connectivity index (χ1) is 14.9. The van der Waals surface area contributed by atoms with Crippen molar-refractivity contribution in [1.82, 2.24) is 15.4 Å². The topological polar surface area (TPSA) is 67.6 Å². The number of aryl methyl sites for hydroxylation is 1. The van der Waals surface area contributed by atoms with Gasteiger partial charge in [0.1, 0.15) is 5.69 Å². The first-order valence-electron chi connectivity index (χ1n) is 12.6. The number of nitrogens with zero attached hydrogens (tertiary/aromatic N) is 2. The molecule has 4 nitrogen and oxygen atoms in total. The number of unbranched alkanes of at least 4 members (excludes halogenated alkanes) is 15. The van der Waals surface area contributed by atoms with E-state index in [1.54, 1.807) is 0 Å². The number of nitrogens with two attached hydrogens (primary N) is 1. The molecule has 0 saturated heterocycles. The maximum absolute atomic E-state index is 5.53. The molecule has 0 spiro atoms. The second-order valence-corrected chi connectivity index (χ2v) is 8.68. The second-order valence-electron chi connectivity index (χ2n) is 8.68. The number of aromatic nitrogens is 3. The number of aromatic amines is 1. The molecule has 4 heteroatoms. The van der Waals surface area contributed by atoms with Crippen LogP contribution < -0.4 is 5.73 Å². The number of hydrogen-bond donors (Lipinski definition) is 2. The molecule has 1 aromatic heterocycles. The molecule has 1 aromatic carbocycles. The summed E-state index contributed by atoms with van der Waals surface area (Å²) in [5.41, 5.74) is 8.81. The fraction of sp³-hybridized carbons (Fsp3) is 0.692. The van der Waals surface area contributed by atoms with E-state index in [1.807, 2.05) is 6.07 Å².